The summed E-state index contributed by atoms with van der Waals surface area (Å²) in [7, 11) is 2.72. The monoisotopic (exact) mass is 287 g/mol. The van der Waals surface area contributed by atoms with Crippen molar-refractivity contribution in [2.45, 2.75) is 0 Å². The van der Waals surface area contributed by atoms with Crippen LogP contribution in [0.2, 0.25) is 0 Å². The molecule has 0 spiro atoms. The van der Waals surface area contributed by atoms with Gasteiger partial charge in [0.25, 0.3) is 5.69 Å². The highest BCUT2D eigenvalue weighted by atomic mass is 16.6. The fourth-order valence-corrected chi connectivity index (χ4v) is 1.97. The van der Waals surface area contributed by atoms with E-state index in [4.69, 9.17) is 4.74 Å². The lowest BCUT2D eigenvalue weighted by Gasteiger charge is -2.07. The molecule has 0 atom stereocenters. The van der Waals surface area contributed by atoms with Crippen LogP contribution in [0.1, 0.15) is 10.4 Å². The number of hydrogen-bond donors (Lipinski definition) is 0. The Morgan fingerprint density at radius 3 is 2.52 bits per heavy atom. The Labute approximate surface area is 121 Å². The molecule has 0 aromatic heterocycles. The van der Waals surface area contributed by atoms with Crippen molar-refractivity contribution < 1.29 is 19.2 Å². The molecule has 0 heterocycles. The van der Waals surface area contributed by atoms with E-state index in [9.17, 15) is 14.9 Å². The summed E-state index contributed by atoms with van der Waals surface area (Å²) in [5.41, 5.74) is 1.22. The van der Waals surface area contributed by atoms with E-state index in [2.05, 4.69) is 4.74 Å². The van der Waals surface area contributed by atoms with E-state index in [1.54, 1.807) is 36.4 Å². The number of nitrogens with zero attached hydrogens (tertiary/aromatic N) is 1. The summed E-state index contributed by atoms with van der Waals surface area (Å²) < 4.78 is 9.65. The molecule has 0 unspecified atom stereocenters. The minimum absolute atomic E-state index is 0.0867. The number of methoxy groups -OCH3 is 2. The van der Waals surface area contributed by atoms with Crippen molar-refractivity contribution in [3.8, 4) is 16.9 Å². The molecule has 108 valence electrons. The maximum Gasteiger partial charge on any atom is 0.337 e. The average molecular weight is 287 g/mol. The van der Waals surface area contributed by atoms with Crippen molar-refractivity contribution in [1.82, 2.24) is 0 Å². The number of benzene rings is 2. The summed E-state index contributed by atoms with van der Waals surface area (Å²) in [5, 5.41) is 11.2. The molecule has 0 saturated heterocycles. The van der Waals surface area contributed by atoms with Gasteiger partial charge in [-0.3, -0.25) is 10.1 Å². The Hall–Kier alpha value is -2.89. The summed E-state index contributed by atoms with van der Waals surface area (Å²) in [4.78, 5) is 22.3. The zero-order chi connectivity index (χ0) is 15.4. The van der Waals surface area contributed by atoms with E-state index >= 15 is 0 Å². The molecule has 0 fully saturated rings. The topological polar surface area (TPSA) is 78.7 Å². The van der Waals surface area contributed by atoms with Gasteiger partial charge in [-0.15, -0.1) is 0 Å². The molecule has 0 N–H and O–H groups in total. The van der Waals surface area contributed by atoms with Crippen LogP contribution in [0, 0.1) is 10.1 Å². The molecule has 0 aliphatic carbocycles. The second-order valence-electron chi connectivity index (χ2n) is 4.21. The van der Waals surface area contributed by atoms with Crippen LogP contribution < -0.4 is 4.74 Å². The third-order valence-electron chi connectivity index (χ3n) is 3.00. The molecule has 0 amide bonds. The van der Waals surface area contributed by atoms with Gasteiger partial charge in [0.2, 0.25) is 0 Å². The molecule has 2 aromatic rings. The van der Waals surface area contributed by atoms with Gasteiger partial charge in [0.05, 0.1) is 36.3 Å². The summed E-state index contributed by atoms with van der Waals surface area (Å²) >= 11 is 0. The molecule has 0 bridgehead atoms. The lowest BCUT2D eigenvalue weighted by Crippen LogP contribution is -2.01. The summed E-state index contributed by atoms with van der Waals surface area (Å²) in [6, 6.07) is 11.1. The number of hydrogen-bond acceptors (Lipinski definition) is 5. The van der Waals surface area contributed by atoms with Crippen LogP contribution in [0.5, 0.6) is 5.75 Å². The first-order chi connectivity index (χ1) is 10.1. The van der Waals surface area contributed by atoms with Crippen molar-refractivity contribution in [3.63, 3.8) is 0 Å². The number of carbonyl (C=O) groups excluding carboxylic acids is 1. The molecule has 0 aliphatic heterocycles. The molecule has 0 radical (unpaired) electrons. The van der Waals surface area contributed by atoms with Crippen LogP contribution in [0.3, 0.4) is 0 Å². The van der Waals surface area contributed by atoms with Crippen molar-refractivity contribution in [2.24, 2.45) is 0 Å². The van der Waals surface area contributed by atoms with Gasteiger partial charge in [-0.05, 0) is 29.8 Å². The second-order valence-corrected chi connectivity index (χ2v) is 4.21. The van der Waals surface area contributed by atoms with Crippen molar-refractivity contribution >= 4 is 11.7 Å². The normalized spacial score (nSPS) is 10.0. The Morgan fingerprint density at radius 2 is 1.90 bits per heavy atom. The molecule has 2 aromatic carbocycles. The Bertz CT molecular complexity index is 696. The predicted octanol–water partition coefficient (Wildman–Crippen LogP) is 3.06. The van der Waals surface area contributed by atoms with E-state index in [0.29, 0.717) is 22.4 Å². The quantitative estimate of drug-likeness (QED) is 0.490. The summed E-state index contributed by atoms with van der Waals surface area (Å²) in [6.07, 6.45) is 0. The molecule has 0 aliphatic rings. The van der Waals surface area contributed by atoms with E-state index in [0.717, 1.165) is 0 Å². The highest BCUT2D eigenvalue weighted by Gasteiger charge is 2.17. The number of rotatable bonds is 4. The predicted molar refractivity (Wildman–Crippen MR) is 76.4 cm³/mol. The maximum absolute atomic E-state index is 11.5. The molecular weight excluding hydrogens is 274 g/mol. The van der Waals surface area contributed by atoms with Crippen molar-refractivity contribution in [1.29, 1.82) is 0 Å². The number of nitro benzene ring substituents is 1. The lowest BCUT2D eigenvalue weighted by atomic mass is 10.0. The van der Waals surface area contributed by atoms with E-state index in [1.165, 1.54) is 20.3 Å². The van der Waals surface area contributed by atoms with Gasteiger partial charge in [0.1, 0.15) is 5.75 Å². The zero-order valence-corrected chi connectivity index (χ0v) is 11.5. The molecule has 6 heteroatoms. The fraction of sp³-hybridized carbons (Fsp3) is 0.133. The Morgan fingerprint density at radius 1 is 1.14 bits per heavy atom. The summed E-state index contributed by atoms with van der Waals surface area (Å²) in [5.74, 6) is -0.0948. The fourth-order valence-electron chi connectivity index (χ4n) is 1.97. The van der Waals surface area contributed by atoms with Gasteiger partial charge in [0, 0.05) is 0 Å². The van der Waals surface area contributed by atoms with Crippen LogP contribution in [0.25, 0.3) is 11.1 Å². The summed E-state index contributed by atoms with van der Waals surface area (Å²) in [6.45, 7) is 0. The number of carbonyl (C=O) groups is 1. The average Bonchev–Trinajstić information content (AvgIpc) is 2.53. The van der Waals surface area contributed by atoms with Gasteiger partial charge >= 0.3 is 5.97 Å². The molecule has 6 nitrogen and oxygen atoms in total. The van der Waals surface area contributed by atoms with Crippen LogP contribution in [0.4, 0.5) is 5.69 Å². The van der Waals surface area contributed by atoms with Gasteiger partial charge in [-0.25, -0.2) is 4.79 Å². The zero-order valence-electron chi connectivity index (χ0n) is 11.5. The second kappa shape index (κ2) is 6.04. The molecular formula is C15H13NO5. The number of nitro groups is 1. The van der Waals surface area contributed by atoms with Crippen LogP contribution in [-0.2, 0) is 4.74 Å². The highest BCUT2D eigenvalue weighted by Crippen LogP contribution is 2.33. The maximum atomic E-state index is 11.5. The molecule has 0 saturated carbocycles. The number of ether oxygens (including phenoxy) is 2. The first-order valence-electron chi connectivity index (χ1n) is 6.08. The van der Waals surface area contributed by atoms with E-state index in [1.807, 2.05) is 0 Å². The third kappa shape index (κ3) is 3.00. The standard InChI is InChI=1S/C15H13NO5/c1-20-12-6-7-13(14(9-12)16(18)19)10-4-3-5-11(8-10)15(17)21-2/h3-9H,1-2H3. The van der Waals surface area contributed by atoms with Crippen molar-refractivity contribution in [3.05, 3.63) is 58.1 Å². The minimum Gasteiger partial charge on any atom is -0.497 e. The van der Waals surface area contributed by atoms with Gasteiger partial charge in [0.15, 0.2) is 0 Å². The van der Waals surface area contributed by atoms with Gasteiger partial charge < -0.3 is 9.47 Å². The van der Waals surface area contributed by atoms with Crippen molar-refractivity contribution in [2.75, 3.05) is 14.2 Å². The van der Waals surface area contributed by atoms with Crippen LogP contribution in [-0.4, -0.2) is 25.1 Å². The Balaban J connectivity index is 2.56. The first kappa shape index (κ1) is 14.5. The molecule has 2 rings (SSSR count). The van der Waals surface area contributed by atoms with E-state index < -0.39 is 10.9 Å². The minimum atomic E-state index is -0.493. The van der Waals surface area contributed by atoms with Gasteiger partial charge in [-0.1, -0.05) is 12.1 Å². The van der Waals surface area contributed by atoms with Crippen LogP contribution in [0.15, 0.2) is 42.5 Å². The van der Waals surface area contributed by atoms with Crippen LogP contribution >= 0.6 is 0 Å². The highest BCUT2D eigenvalue weighted by molar-refractivity contribution is 5.91. The van der Waals surface area contributed by atoms with E-state index in [-0.39, 0.29) is 5.69 Å². The molecule has 21 heavy (non-hydrogen) atoms. The lowest BCUT2D eigenvalue weighted by molar-refractivity contribution is -0.384. The number of esters is 1. The third-order valence-corrected chi connectivity index (χ3v) is 3.00. The van der Waals surface area contributed by atoms with Gasteiger partial charge in [-0.2, -0.15) is 0 Å². The smallest absolute Gasteiger partial charge is 0.337 e. The largest absolute Gasteiger partial charge is 0.497 e. The SMILES string of the molecule is COC(=O)c1cccc(-c2ccc(OC)cc2[N+](=O)[O-])c1. The Kier molecular flexibility index (Phi) is 4.18. The first-order valence-corrected chi connectivity index (χ1v) is 6.08.